The second-order valence-corrected chi connectivity index (χ2v) is 8.83. The van der Waals surface area contributed by atoms with Crippen LogP contribution in [0, 0.1) is 0 Å². The van der Waals surface area contributed by atoms with Crippen LogP contribution in [0.3, 0.4) is 0 Å². The van der Waals surface area contributed by atoms with Crippen molar-refractivity contribution in [2.24, 2.45) is 0 Å². The van der Waals surface area contributed by atoms with E-state index in [0.717, 1.165) is 18.4 Å². The fraction of sp³-hybridized carbons (Fsp3) is 0.292. The van der Waals surface area contributed by atoms with Crippen molar-refractivity contribution in [3.63, 3.8) is 0 Å². The first-order valence-electron chi connectivity index (χ1n) is 10.3. The minimum absolute atomic E-state index is 0.144. The predicted molar refractivity (Wildman–Crippen MR) is 128 cm³/mol. The van der Waals surface area contributed by atoms with Gasteiger partial charge in [0.2, 0.25) is 15.9 Å². The summed E-state index contributed by atoms with van der Waals surface area (Å²) in [6.45, 7) is 6.39. The minimum Gasteiger partial charge on any atom is -0.493 e. The van der Waals surface area contributed by atoms with Crippen LogP contribution in [0.25, 0.3) is 6.08 Å². The third kappa shape index (κ3) is 8.56. The molecule has 32 heavy (non-hydrogen) atoms. The summed E-state index contributed by atoms with van der Waals surface area (Å²) >= 11 is 0. The quantitative estimate of drug-likeness (QED) is 0.267. The van der Waals surface area contributed by atoms with E-state index < -0.39 is 10.0 Å². The highest BCUT2D eigenvalue weighted by Crippen LogP contribution is 2.28. The molecular formula is C24H30N2O5S. The van der Waals surface area contributed by atoms with E-state index in [1.165, 1.54) is 12.2 Å². The van der Waals surface area contributed by atoms with Crippen molar-refractivity contribution in [1.82, 2.24) is 4.72 Å². The van der Waals surface area contributed by atoms with Gasteiger partial charge in [-0.1, -0.05) is 37.6 Å². The standard InChI is InChI=1S/C24H30N2O5S/c1-4-6-16-31-22-13-9-19(17-23(22)30-3)10-14-24(27)26-21-11-7-20(8-12-21)18-32(28,29)25-15-5-2/h5,7-14,17,25H,2,4,6,15-16,18H2,1,3H3,(H,26,27)/b14-10+. The normalized spacial score (nSPS) is 11.3. The van der Waals surface area contributed by atoms with E-state index in [0.29, 0.717) is 29.4 Å². The van der Waals surface area contributed by atoms with E-state index in [4.69, 9.17) is 9.47 Å². The van der Waals surface area contributed by atoms with Gasteiger partial charge in [0, 0.05) is 18.3 Å². The lowest BCUT2D eigenvalue weighted by atomic mass is 10.2. The molecule has 1 amide bonds. The Morgan fingerprint density at radius 1 is 1.12 bits per heavy atom. The highest BCUT2D eigenvalue weighted by Gasteiger charge is 2.10. The van der Waals surface area contributed by atoms with E-state index in [-0.39, 0.29) is 18.2 Å². The van der Waals surface area contributed by atoms with Gasteiger partial charge in [0.1, 0.15) is 0 Å². The zero-order valence-corrected chi connectivity index (χ0v) is 19.3. The number of amides is 1. The number of rotatable bonds is 13. The van der Waals surface area contributed by atoms with Gasteiger partial charge in [0.15, 0.2) is 11.5 Å². The Morgan fingerprint density at radius 2 is 1.88 bits per heavy atom. The molecule has 0 saturated carbocycles. The fourth-order valence-electron chi connectivity index (χ4n) is 2.73. The zero-order chi connectivity index (χ0) is 23.4. The Morgan fingerprint density at radius 3 is 2.53 bits per heavy atom. The second kappa shape index (κ2) is 12.7. The molecule has 172 valence electrons. The van der Waals surface area contributed by atoms with E-state index in [1.54, 1.807) is 43.5 Å². The lowest BCUT2D eigenvalue weighted by Gasteiger charge is -2.11. The largest absolute Gasteiger partial charge is 0.493 e. The van der Waals surface area contributed by atoms with Crippen LogP contribution in [0.4, 0.5) is 5.69 Å². The van der Waals surface area contributed by atoms with Crippen LogP contribution in [-0.2, 0) is 20.6 Å². The molecule has 0 heterocycles. The molecule has 2 aromatic rings. The average molecular weight is 459 g/mol. The molecule has 0 radical (unpaired) electrons. The molecule has 2 aromatic carbocycles. The number of ether oxygens (including phenoxy) is 2. The van der Waals surface area contributed by atoms with Crippen molar-refractivity contribution in [2.75, 3.05) is 25.6 Å². The van der Waals surface area contributed by atoms with Crippen LogP contribution in [0.15, 0.2) is 61.2 Å². The third-order valence-corrected chi connectivity index (χ3v) is 5.72. The number of benzene rings is 2. The van der Waals surface area contributed by atoms with Crippen LogP contribution >= 0.6 is 0 Å². The molecule has 0 fully saturated rings. The summed E-state index contributed by atoms with van der Waals surface area (Å²) in [6.07, 6.45) is 6.60. The molecule has 0 saturated heterocycles. The topological polar surface area (TPSA) is 93.7 Å². The van der Waals surface area contributed by atoms with Crippen molar-refractivity contribution in [1.29, 1.82) is 0 Å². The van der Waals surface area contributed by atoms with Gasteiger partial charge in [0.25, 0.3) is 0 Å². The third-order valence-electron chi connectivity index (χ3n) is 4.40. The Labute approximate surface area is 190 Å². The molecule has 7 nitrogen and oxygen atoms in total. The van der Waals surface area contributed by atoms with Crippen molar-refractivity contribution in [3.8, 4) is 11.5 Å². The number of methoxy groups -OCH3 is 1. The molecule has 0 bridgehead atoms. The smallest absolute Gasteiger partial charge is 0.248 e. The Bertz CT molecular complexity index is 1030. The number of hydrogen-bond donors (Lipinski definition) is 2. The summed E-state index contributed by atoms with van der Waals surface area (Å²) in [4.78, 5) is 12.2. The van der Waals surface area contributed by atoms with Crippen molar-refractivity contribution < 1.29 is 22.7 Å². The molecule has 0 aliphatic rings. The average Bonchev–Trinajstić information content (AvgIpc) is 2.78. The van der Waals surface area contributed by atoms with Gasteiger partial charge in [-0.3, -0.25) is 4.79 Å². The monoisotopic (exact) mass is 458 g/mol. The molecule has 0 spiro atoms. The summed E-state index contributed by atoms with van der Waals surface area (Å²) in [5, 5.41) is 2.75. The van der Waals surface area contributed by atoms with Crippen molar-refractivity contribution >= 4 is 27.7 Å². The highest BCUT2D eigenvalue weighted by atomic mass is 32.2. The molecule has 8 heteroatoms. The van der Waals surface area contributed by atoms with Crippen LogP contribution in [-0.4, -0.2) is 34.6 Å². The molecule has 0 unspecified atom stereocenters. The zero-order valence-electron chi connectivity index (χ0n) is 18.5. The van der Waals surface area contributed by atoms with Crippen molar-refractivity contribution in [3.05, 3.63) is 72.3 Å². The van der Waals surface area contributed by atoms with Gasteiger partial charge < -0.3 is 14.8 Å². The van der Waals surface area contributed by atoms with E-state index >= 15 is 0 Å². The number of sulfonamides is 1. The van der Waals surface area contributed by atoms with Crippen LogP contribution in [0.5, 0.6) is 11.5 Å². The number of anilines is 1. The molecule has 0 aliphatic heterocycles. The predicted octanol–water partition coefficient (Wildman–Crippen LogP) is 4.13. The van der Waals surface area contributed by atoms with Crippen LogP contribution in [0.2, 0.25) is 0 Å². The first-order chi connectivity index (χ1) is 15.4. The SMILES string of the molecule is C=CCNS(=O)(=O)Cc1ccc(NC(=O)/C=C/c2ccc(OCCCC)c(OC)c2)cc1. The number of hydrogen-bond acceptors (Lipinski definition) is 5. The number of carbonyl (C=O) groups is 1. The van der Waals surface area contributed by atoms with E-state index in [1.807, 2.05) is 12.1 Å². The lowest BCUT2D eigenvalue weighted by molar-refractivity contribution is -0.111. The molecule has 0 aromatic heterocycles. The summed E-state index contributed by atoms with van der Waals surface area (Å²) in [6, 6.07) is 12.1. The van der Waals surface area contributed by atoms with Crippen LogP contribution < -0.4 is 19.5 Å². The summed E-state index contributed by atoms with van der Waals surface area (Å²) in [7, 11) is -1.85. The second-order valence-electron chi connectivity index (χ2n) is 7.03. The van der Waals surface area contributed by atoms with Gasteiger partial charge in [-0.2, -0.15) is 0 Å². The number of carbonyl (C=O) groups excluding carboxylic acids is 1. The molecule has 2 N–H and O–H groups in total. The number of nitrogens with one attached hydrogen (secondary N) is 2. The van der Waals surface area contributed by atoms with Gasteiger partial charge in [0.05, 0.1) is 19.5 Å². The van der Waals surface area contributed by atoms with Gasteiger partial charge in [-0.25, -0.2) is 13.1 Å². The molecular weight excluding hydrogens is 428 g/mol. The fourth-order valence-corrected chi connectivity index (χ4v) is 3.84. The maximum atomic E-state index is 12.2. The Balaban J connectivity index is 1.95. The minimum atomic E-state index is -3.43. The molecule has 0 aliphatic carbocycles. The maximum Gasteiger partial charge on any atom is 0.248 e. The first-order valence-corrected chi connectivity index (χ1v) is 12.0. The van der Waals surface area contributed by atoms with Crippen LogP contribution in [0.1, 0.15) is 30.9 Å². The van der Waals surface area contributed by atoms with Gasteiger partial charge >= 0.3 is 0 Å². The first kappa shape index (κ1) is 25.2. The Hall–Kier alpha value is -3.10. The Kier molecular flexibility index (Phi) is 9.97. The summed E-state index contributed by atoms with van der Waals surface area (Å²) in [5.74, 6) is 0.830. The molecule has 0 atom stereocenters. The summed E-state index contributed by atoms with van der Waals surface area (Å²) < 4.78 is 37.3. The van der Waals surface area contributed by atoms with Crippen molar-refractivity contribution in [2.45, 2.75) is 25.5 Å². The maximum absolute atomic E-state index is 12.2. The highest BCUT2D eigenvalue weighted by molar-refractivity contribution is 7.88. The lowest BCUT2D eigenvalue weighted by Crippen LogP contribution is -2.25. The van der Waals surface area contributed by atoms with Gasteiger partial charge in [-0.15, -0.1) is 6.58 Å². The van der Waals surface area contributed by atoms with E-state index in [9.17, 15) is 13.2 Å². The molecule has 2 rings (SSSR count). The summed E-state index contributed by atoms with van der Waals surface area (Å²) in [5.41, 5.74) is 1.98. The van der Waals surface area contributed by atoms with E-state index in [2.05, 4.69) is 23.5 Å². The van der Waals surface area contributed by atoms with Gasteiger partial charge in [-0.05, 0) is 47.9 Å². The number of unbranched alkanes of at least 4 members (excludes halogenated alkanes) is 1.